The Morgan fingerprint density at radius 2 is 2.05 bits per heavy atom. The minimum atomic E-state index is -0.885. The fraction of sp³-hybridized carbons (Fsp3) is 0.667. The average molecular weight is 295 g/mol. The molecule has 0 saturated heterocycles. The molecular weight excluding hydrogens is 270 g/mol. The monoisotopic (exact) mass is 295 g/mol. The lowest BCUT2D eigenvalue weighted by atomic mass is 9.84. The van der Waals surface area contributed by atoms with Crippen LogP contribution in [-0.2, 0) is 18.3 Å². The Bertz CT molecular complexity index is 515. The molecule has 0 aliphatic rings. The molecule has 1 atom stereocenters. The molecule has 1 aromatic heterocycles. The van der Waals surface area contributed by atoms with Crippen LogP contribution in [0.15, 0.2) is 6.07 Å². The van der Waals surface area contributed by atoms with E-state index in [4.69, 9.17) is 0 Å². The van der Waals surface area contributed by atoms with Gasteiger partial charge < -0.3 is 10.4 Å². The first kappa shape index (κ1) is 17.2. The van der Waals surface area contributed by atoms with E-state index in [2.05, 4.69) is 10.4 Å². The molecule has 0 aliphatic heterocycles. The maximum atomic E-state index is 12.1. The molecule has 1 aromatic rings. The van der Waals surface area contributed by atoms with Gasteiger partial charge in [-0.15, -0.1) is 0 Å². The van der Waals surface area contributed by atoms with Crippen molar-refractivity contribution >= 4 is 11.9 Å². The van der Waals surface area contributed by atoms with Crippen LogP contribution in [0.4, 0.5) is 0 Å². The SMILES string of the molecule is CCc1cc(C(=O)NCC(CC(C)(C)C)C(=O)O)n(C)n1. The predicted molar refractivity (Wildman–Crippen MR) is 80.1 cm³/mol. The lowest BCUT2D eigenvalue weighted by molar-refractivity contribution is -0.142. The van der Waals surface area contributed by atoms with Crippen molar-refractivity contribution < 1.29 is 14.7 Å². The van der Waals surface area contributed by atoms with E-state index in [1.54, 1.807) is 13.1 Å². The number of carbonyl (C=O) groups excluding carboxylic acids is 1. The normalized spacial score (nSPS) is 13.0. The van der Waals surface area contributed by atoms with Gasteiger partial charge in [0.25, 0.3) is 5.91 Å². The number of hydrogen-bond acceptors (Lipinski definition) is 3. The van der Waals surface area contributed by atoms with Crippen LogP contribution in [0, 0.1) is 11.3 Å². The highest BCUT2D eigenvalue weighted by atomic mass is 16.4. The molecule has 1 heterocycles. The molecule has 1 unspecified atom stereocenters. The third kappa shape index (κ3) is 5.21. The van der Waals surface area contributed by atoms with Gasteiger partial charge in [0.2, 0.25) is 0 Å². The van der Waals surface area contributed by atoms with Gasteiger partial charge in [0, 0.05) is 13.6 Å². The van der Waals surface area contributed by atoms with Gasteiger partial charge >= 0.3 is 5.97 Å². The van der Waals surface area contributed by atoms with Gasteiger partial charge in [0.1, 0.15) is 5.69 Å². The zero-order valence-electron chi connectivity index (χ0n) is 13.4. The molecule has 21 heavy (non-hydrogen) atoms. The van der Waals surface area contributed by atoms with Crippen LogP contribution >= 0.6 is 0 Å². The third-order valence-electron chi connectivity index (χ3n) is 3.24. The summed E-state index contributed by atoms with van der Waals surface area (Å²) in [6, 6.07) is 1.73. The zero-order valence-corrected chi connectivity index (χ0v) is 13.4. The number of aliphatic carboxylic acids is 1. The molecule has 0 aromatic carbocycles. The van der Waals surface area contributed by atoms with Crippen LogP contribution in [-0.4, -0.2) is 33.3 Å². The lowest BCUT2D eigenvalue weighted by Crippen LogP contribution is -2.35. The number of nitrogens with zero attached hydrogens (tertiary/aromatic N) is 2. The van der Waals surface area contributed by atoms with Crippen LogP contribution in [0.3, 0.4) is 0 Å². The number of carboxylic acid groups (broad SMARTS) is 1. The van der Waals surface area contributed by atoms with E-state index in [1.807, 2.05) is 27.7 Å². The number of carboxylic acids is 1. The molecule has 1 amide bonds. The van der Waals surface area contributed by atoms with Gasteiger partial charge in [-0.25, -0.2) is 0 Å². The number of hydrogen-bond donors (Lipinski definition) is 2. The number of rotatable bonds is 6. The molecule has 0 bridgehead atoms. The fourth-order valence-corrected chi connectivity index (χ4v) is 2.20. The van der Waals surface area contributed by atoms with Crippen LogP contribution < -0.4 is 5.32 Å². The van der Waals surface area contributed by atoms with E-state index in [0.717, 1.165) is 12.1 Å². The van der Waals surface area contributed by atoms with Crippen LogP contribution in [0.1, 0.15) is 50.3 Å². The highest BCUT2D eigenvalue weighted by Gasteiger charge is 2.25. The Morgan fingerprint density at radius 3 is 2.48 bits per heavy atom. The van der Waals surface area contributed by atoms with Gasteiger partial charge in [-0.1, -0.05) is 27.7 Å². The second-order valence-electron chi connectivity index (χ2n) is 6.51. The summed E-state index contributed by atoms with van der Waals surface area (Å²) in [5, 5.41) is 16.2. The molecule has 1 rings (SSSR count). The summed E-state index contributed by atoms with van der Waals surface area (Å²) in [6.45, 7) is 8.05. The van der Waals surface area contributed by atoms with E-state index >= 15 is 0 Å². The zero-order chi connectivity index (χ0) is 16.2. The summed E-state index contributed by atoms with van der Waals surface area (Å²) in [4.78, 5) is 23.4. The second-order valence-corrected chi connectivity index (χ2v) is 6.51. The van der Waals surface area contributed by atoms with Gasteiger partial charge in [-0.2, -0.15) is 5.10 Å². The number of carbonyl (C=O) groups is 2. The summed E-state index contributed by atoms with van der Waals surface area (Å²) >= 11 is 0. The maximum Gasteiger partial charge on any atom is 0.308 e. The Hall–Kier alpha value is -1.85. The van der Waals surface area contributed by atoms with Crippen molar-refractivity contribution in [3.63, 3.8) is 0 Å². The molecule has 6 nitrogen and oxygen atoms in total. The standard InChI is InChI=1S/C15H25N3O3/c1-6-11-7-12(18(5)17-11)13(19)16-9-10(14(20)21)8-15(2,3)4/h7,10H,6,8-9H2,1-5H3,(H,16,19)(H,20,21). The van der Waals surface area contributed by atoms with Crippen LogP contribution in [0.25, 0.3) is 0 Å². The number of aromatic nitrogens is 2. The summed E-state index contributed by atoms with van der Waals surface area (Å²) in [5.41, 5.74) is 1.19. The Kier molecular flexibility index (Phi) is 5.52. The molecule has 0 saturated carbocycles. The Morgan fingerprint density at radius 1 is 1.43 bits per heavy atom. The van der Waals surface area contributed by atoms with Crippen LogP contribution in [0.5, 0.6) is 0 Å². The Balaban J connectivity index is 2.69. The fourth-order valence-electron chi connectivity index (χ4n) is 2.20. The first-order valence-electron chi connectivity index (χ1n) is 7.18. The minimum Gasteiger partial charge on any atom is -0.481 e. The lowest BCUT2D eigenvalue weighted by Gasteiger charge is -2.23. The van der Waals surface area contributed by atoms with Crippen molar-refractivity contribution in [1.29, 1.82) is 0 Å². The molecule has 0 aliphatic carbocycles. The quantitative estimate of drug-likeness (QED) is 0.839. The molecule has 2 N–H and O–H groups in total. The summed E-state index contributed by atoms with van der Waals surface area (Å²) < 4.78 is 1.52. The van der Waals surface area contributed by atoms with E-state index in [1.165, 1.54) is 4.68 Å². The summed E-state index contributed by atoms with van der Waals surface area (Å²) in [6.07, 6.45) is 1.26. The molecule has 118 valence electrons. The molecule has 0 fully saturated rings. The van der Waals surface area contributed by atoms with E-state index < -0.39 is 11.9 Å². The van der Waals surface area contributed by atoms with Gasteiger partial charge in [-0.05, 0) is 24.3 Å². The maximum absolute atomic E-state index is 12.1. The average Bonchev–Trinajstić information content (AvgIpc) is 2.74. The summed E-state index contributed by atoms with van der Waals surface area (Å²) in [7, 11) is 1.71. The van der Waals surface area contributed by atoms with Crippen molar-refractivity contribution in [2.75, 3.05) is 6.54 Å². The second kappa shape index (κ2) is 6.74. The summed E-state index contributed by atoms with van der Waals surface area (Å²) in [5.74, 6) is -1.76. The van der Waals surface area contributed by atoms with Crippen molar-refractivity contribution in [2.45, 2.75) is 40.5 Å². The number of amides is 1. The molecule has 0 spiro atoms. The number of nitrogens with one attached hydrogen (secondary N) is 1. The minimum absolute atomic E-state index is 0.101. The topological polar surface area (TPSA) is 84.2 Å². The molecule has 0 radical (unpaired) electrons. The van der Waals surface area contributed by atoms with E-state index in [0.29, 0.717) is 12.1 Å². The van der Waals surface area contributed by atoms with E-state index in [9.17, 15) is 14.7 Å². The van der Waals surface area contributed by atoms with E-state index in [-0.39, 0.29) is 17.9 Å². The first-order chi connectivity index (χ1) is 9.64. The number of aryl methyl sites for hydroxylation is 2. The van der Waals surface area contributed by atoms with Crippen molar-refractivity contribution in [1.82, 2.24) is 15.1 Å². The van der Waals surface area contributed by atoms with Gasteiger partial charge in [-0.3, -0.25) is 14.3 Å². The van der Waals surface area contributed by atoms with Crippen molar-refractivity contribution in [3.05, 3.63) is 17.5 Å². The highest BCUT2D eigenvalue weighted by molar-refractivity contribution is 5.92. The Labute approximate surface area is 125 Å². The van der Waals surface area contributed by atoms with Gasteiger partial charge in [0.05, 0.1) is 11.6 Å². The molecular formula is C15H25N3O3. The predicted octanol–water partition coefficient (Wildman–Crippen LogP) is 1.85. The third-order valence-corrected chi connectivity index (χ3v) is 3.24. The smallest absolute Gasteiger partial charge is 0.308 e. The molecule has 6 heteroatoms. The van der Waals surface area contributed by atoms with Crippen LogP contribution in [0.2, 0.25) is 0 Å². The first-order valence-corrected chi connectivity index (χ1v) is 7.18. The van der Waals surface area contributed by atoms with Gasteiger partial charge in [0.15, 0.2) is 0 Å². The van der Waals surface area contributed by atoms with Crippen molar-refractivity contribution in [2.24, 2.45) is 18.4 Å². The largest absolute Gasteiger partial charge is 0.481 e. The van der Waals surface area contributed by atoms with Crippen molar-refractivity contribution in [3.8, 4) is 0 Å². The highest BCUT2D eigenvalue weighted by Crippen LogP contribution is 2.24.